The highest BCUT2D eigenvalue weighted by atomic mass is 32.1. The van der Waals surface area contributed by atoms with Gasteiger partial charge in [-0.1, -0.05) is 114 Å². The number of thiocarbonyl (C=S) groups is 1. The number of hydrogen-bond donors (Lipinski definition) is 0. The Morgan fingerprint density at radius 1 is 0.800 bits per heavy atom. The lowest BCUT2D eigenvalue weighted by atomic mass is 10.0. The van der Waals surface area contributed by atoms with Crippen LogP contribution in [0, 0.1) is 5.92 Å². The number of carbonyl (C=O) groups is 2. The topological polar surface area (TPSA) is 61.8 Å². The molecule has 3 aromatic carbocycles. The molecule has 0 aromatic heterocycles. The summed E-state index contributed by atoms with van der Waals surface area (Å²) in [6.45, 7) is 6.40. The van der Waals surface area contributed by atoms with Gasteiger partial charge in [-0.15, -0.1) is 0 Å². The molecule has 212 valence electrons. The van der Waals surface area contributed by atoms with Crippen molar-refractivity contribution in [3.8, 4) is 16.9 Å². The van der Waals surface area contributed by atoms with Crippen molar-refractivity contribution < 1.29 is 23.8 Å². The van der Waals surface area contributed by atoms with Gasteiger partial charge in [0.2, 0.25) is 0 Å². The van der Waals surface area contributed by atoms with Crippen LogP contribution in [0.4, 0.5) is 4.79 Å². The number of para-hydroxylation sites is 1. The number of ether oxygens (including phenoxy) is 3. The summed E-state index contributed by atoms with van der Waals surface area (Å²) < 4.78 is 15.9. The molecule has 0 aliphatic carbocycles. The Labute approximate surface area is 243 Å². The number of carbonyl (C=O) groups excluding carboxylic acids is 2. The van der Waals surface area contributed by atoms with Crippen molar-refractivity contribution >= 4 is 29.4 Å². The maximum Gasteiger partial charge on any atom is 0.516 e. The summed E-state index contributed by atoms with van der Waals surface area (Å²) in [6, 6.07) is 22.7. The van der Waals surface area contributed by atoms with Crippen LogP contribution in [0.2, 0.25) is 0 Å². The molecule has 0 radical (unpaired) electrons. The third-order valence-corrected chi connectivity index (χ3v) is 7.21. The minimum absolute atomic E-state index is 0.200. The van der Waals surface area contributed by atoms with Crippen LogP contribution >= 0.6 is 12.2 Å². The SMILES string of the molecule is CCCCCCCCc1ccc(C(=S)Oc2ccccc2-c2ccc(C(=O)OC(=O)OC[C@@H](C)CC)cc2)cc1. The van der Waals surface area contributed by atoms with Gasteiger partial charge in [0.1, 0.15) is 5.75 Å². The van der Waals surface area contributed by atoms with E-state index in [0.717, 1.165) is 29.5 Å². The van der Waals surface area contributed by atoms with E-state index in [4.69, 9.17) is 26.4 Å². The molecule has 5 nitrogen and oxygen atoms in total. The third kappa shape index (κ3) is 9.91. The van der Waals surface area contributed by atoms with Gasteiger partial charge in [0, 0.05) is 11.1 Å². The zero-order valence-corrected chi connectivity index (χ0v) is 24.6. The van der Waals surface area contributed by atoms with Crippen LogP contribution in [-0.4, -0.2) is 23.8 Å². The number of esters is 1. The third-order valence-electron chi connectivity index (χ3n) is 6.89. The van der Waals surface area contributed by atoms with E-state index in [2.05, 4.69) is 19.1 Å². The highest BCUT2D eigenvalue weighted by Crippen LogP contribution is 2.31. The number of aryl methyl sites for hydroxylation is 1. The van der Waals surface area contributed by atoms with Crippen LogP contribution in [-0.2, 0) is 15.9 Å². The van der Waals surface area contributed by atoms with Gasteiger partial charge in [-0.3, -0.25) is 0 Å². The van der Waals surface area contributed by atoms with Crippen molar-refractivity contribution in [3.05, 3.63) is 89.5 Å². The summed E-state index contributed by atoms with van der Waals surface area (Å²) in [5, 5.41) is 0.398. The molecule has 3 aromatic rings. The van der Waals surface area contributed by atoms with Crippen molar-refractivity contribution in [2.45, 2.75) is 72.1 Å². The average molecular weight is 561 g/mol. The van der Waals surface area contributed by atoms with Crippen LogP contribution < -0.4 is 4.74 Å². The lowest BCUT2D eigenvalue weighted by Crippen LogP contribution is -2.17. The fourth-order valence-electron chi connectivity index (χ4n) is 4.15. The van der Waals surface area contributed by atoms with E-state index in [0.29, 0.717) is 10.8 Å². The number of hydrogen-bond acceptors (Lipinski definition) is 6. The molecule has 6 heteroatoms. The molecule has 40 heavy (non-hydrogen) atoms. The van der Waals surface area contributed by atoms with Crippen molar-refractivity contribution in [1.29, 1.82) is 0 Å². The lowest BCUT2D eigenvalue weighted by Gasteiger charge is -2.13. The van der Waals surface area contributed by atoms with Gasteiger partial charge < -0.3 is 14.2 Å². The van der Waals surface area contributed by atoms with E-state index in [1.165, 1.54) is 44.1 Å². The molecule has 0 unspecified atom stereocenters. The molecule has 0 aliphatic rings. The second-order valence-electron chi connectivity index (χ2n) is 10.1. The van der Waals surface area contributed by atoms with Gasteiger partial charge in [-0.05, 0) is 60.3 Å². The Hall–Kier alpha value is -3.51. The summed E-state index contributed by atoms with van der Waals surface area (Å²) in [4.78, 5) is 24.2. The van der Waals surface area contributed by atoms with Gasteiger partial charge >= 0.3 is 12.1 Å². The zero-order valence-electron chi connectivity index (χ0n) is 23.8. The van der Waals surface area contributed by atoms with Gasteiger partial charge in [0.05, 0.1) is 12.2 Å². The fraction of sp³-hybridized carbons (Fsp3) is 0.382. The second kappa shape index (κ2) is 16.6. The summed E-state index contributed by atoms with van der Waals surface area (Å²) in [5.41, 5.74) is 4.08. The van der Waals surface area contributed by atoms with Crippen molar-refractivity contribution in [3.63, 3.8) is 0 Å². The fourth-order valence-corrected chi connectivity index (χ4v) is 4.37. The summed E-state index contributed by atoms with van der Waals surface area (Å²) in [7, 11) is 0. The molecule has 1 atom stereocenters. The van der Waals surface area contributed by atoms with Crippen LogP contribution in [0.25, 0.3) is 11.1 Å². The molecule has 0 N–H and O–H groups in total. The van der Waals surface area contributed by atoms with Gasteiger partial charge in [-0.25, -0.2) is 9.59 Å². The first-order valence-electron chi connectivity index (χ1n) is 14.3. The number of rotatable bonds is 14. The molecule has 0 amide bonds. The predicted molar refractivity (Wildman–Crippen MR) is 164 cm³/mol. The van der Waals surface area contributed by atoms with Crippen LogP contribution in [0.3, 0.4) is 0 Å². The monoisotopic (exact) mass is 560 g/mol. The van der Waals surface area contributed by atoms with E-state index in [-0.39, 0.29) is 18.1 Å². The van der Waals surface area contributed by atoms with Crippen molar-refractivity contribution in [2.75, 3.05) is 6.61 Å². The first-order valence-corrected chi connectivity index (χ1v) is 14.7. The molecule has 3 rings (SSSR count). The van der Waals surface area contributed by atoms with Gasteiger partial charge in [0.25, 0.3) is 0 Å². The van der Waals surface area contributed by atoms with E-state index in [1.807, 2.05) is 50.2 Å². The normalized spacial score (nSPS) is 11.5. The Morgan fingerprint density at radius 3 is 2.15 bits per heavy atom. The molecule has 0 aliphatic heterocycles. The molecule has 0 saturated carbocycles. The van der Waals surface area contributed by atoms with Gasteiger partial charge in [0.15, 0.2) is 5.05 Å². The maximum atomic E-state index is 12.4. The molecule has 0 heterocycles. The highest BCUT2D eigenvalue weighted by Gasteiger charge is 2.16. The molecule has 0 saturated heterocycles. The van der Waals surface area contributed by atoms with Crippen molar-refractivity contribution in [1.82, 2.24) is 0 Å². The zero-order chi connectivity index (χ0) is 28.7. The number of benzene rings is 3. The highest BCUT2D eigenvalue weighted by molar-refractivity contribution is 7.80. The van der Waals surface area contributed by atoms with E-state index < -0.39 is 12.1 Å². The Bertz CT molecular complexity index is 1230. The maximum absolute atomic E-state index is 12.4. The van der Waals surface area contributed by atoms with E-state index in [1.54, 1.807) is 24.3 Å². The molecule has 0 spiro atoms. The minimum Gasteiger partial charge on any atom is -0.445 e. The average Bonchev–Trinajstić information content (AvgIpc) is 2.98. The lowest BCUT2D eigenvalue weighted by molar-refractivity contribution is 0.0342. The van der Waals surface area contributed by atoms with Crippen LogP contribution in [0.15, 0.2) is 72.8 Å². The summed E-state index contributed by atoms with van der Waals surface area (Å²) in [5.74, 6) is 0.0605. The second-order valence-corrected chi connectivity index (χ2v) is 10.5. The van der Waals surface area contributed by atoms with E-state index in [9.17, 15) is 9.59 Å². The first-order chi connectivity index (χ1) is 19.4. The molecule has 0 fully saturated rings. The summed E-state index contributed by atoms with van der Waals surface area (Å²) in [6.07, 6.45) is 8.66. The first kappa shape index (κ1) is 31.0. The minimum atomic E-state index is -0.989. The quantitative estimate of drug-likeness (QED) is 0.0847. The van der Waals surface area contributed by atoms with Crippen LogP contribution in [0.1, 0.15) is 87.2 Å². The van der Waals surface area contributed by atoms with E-state index >= 15 is 0 Å². The smallest absolute Gasteiger partial charge is 0.445 e. The standard InChI is InChI=1S/C34H40O5S/c1-4-6-7-8-9-10-13-26-16-18-29(19-17-26)33(40)38-31-15-12-11-14-30(31)27-20-22-28(23-21-27)32(35)39-34(36)37-24-25(3)5-2/h11-12,14-23,25H,4-10,13,24H2,1-3H3/t25-/m0/s1. The molecular weight excluding hydrogens is 520 g/mol. The summed E-state index contributed by atoms with van der Waals surface area (Å²) >= 11 is 5.62. The van der Waals surface area contributed by atoms with Gasteiger partial charge in [-0.2, -0.15) is 0 Å². The van der Waals surface area contributed by atoms with Crippen molar-refractivity contribution in [2.24, 2.45) is 5.92 Å². The number of unbranched alkanes of at least 4 members (excludes halogenated alkanes) is 5. The molecule has 0 bridgehead atoms. The largest absolute Gasteiger partial charge is 0.516 e. The Kier molecular flexibility index (Phi) is 12.8. The Morgan fingerprint density at radius 2 is 1.45 bits per heavy atom. The van der Waals surface area contributed by atoms with Crippen LogP contribution in [0.5, 0.6) is 5.75 Å². The Balaban J connectivity index is 1.58. The predicted octanol–water partition coefficient (Wildman–Crippen LogP) is 9.35. The molecular formula is C34H40O5S.